The summed E-state index contributed by atoms with van der Waals surface area (Å²) in [4.78, 5) is 27.1. The molecule has 128 valence electrons. The van der Waals surface area contributed by atoms with Crippen molar-refractivity contribution in [1.29, 1.82) is 0 Å². The summed E-state index contributed by atoms with van der Waals surface area (Å²) in [6, 6.07) is 21.1. The van der Waals surface area contributed by atoms with E-state index >= 15 is 0 Å². The molecule has 0 unspecified atom stereocenters. The average molecular weight is 335 g/mol. The molecule has 5 nitrogen and oxygen atoms in total. The molecule has 0 aliphatic carbocycles. The van der Waals surface area contributed by atoms with Crippen LogP contribution in [0.5, 0.6) is 0 Å². The van der Waals surface area contributed by atoms with Gasteiger partial charge in [-0.05, 0) is 17.5 Å². The number of H-pyrrole nitrogens is 1. The Balaban J connectivity index is 1.99. The predicted molar refractivity (Wildman–Crippen MR) is 100.0 cm³/mol. The number of rotatable bonds is 6. The molecule has 0 fully saturated rings. The Bertz CT molecular complexity index is 860. The van der Waals surface area contributed by atoms with Crippen molar-refractivity contribution in [3.63, 3.8) is 0 Å². The third kappa shape index (κ3) is 3.88. The van der Waals surface area contributed by atoms with Crippen LogP contribution in [-0.4, -0.2) is 9.55 Å². The third-order valence-electron chi connectivity index (χ3n) is 4.03. The largest absolute Gasteiger partial charge is 0.360 e. The maximum Gasteiger partial charge on any atom is 0.329 e. The van der Waals surface area contributed by atoms with Crippen molar-refractivity contribution in [1.82, 2.24) is 9.55 Å². The van der Waals surface area contributed by atoms with Crippen LogP contribution in [0.4, 0.5) is 5.82 Å². The van der Waals surface area contributed by atoms with Crippen molar-refractivity contribution in [2.75, 3.05) is 5.32 Å². The summed E-state index contributed by atoms with van der Waals surface area (Å²) < 4.78 is 1.21. The predicted octanol–water partition coefficient (Wildman–Crippen LogP) is 3.15. The van der Waals surface area contributed by atoms with E-state index in [9.17, 15) is 9.59 Å². The van der Waals surface area contributed by atoms with Crippen LogP contribution < -0.4 is 16.6 Å². The van der Waals surface area contributed by atoms with Crippen molar-refractivity contribution in [2.24, 2.45) is 0 Å². The zero-order valence-electron chi connectivity index (χ0n) is 14.1. The van der Waals surface area contributed by atoms with E-state index in [0.29, 0.717) is 12.4 Å². The molecule has 2 aromatic carbocycles. The van der Waals surface area contributed by atoms with Crippen LogP contribution in [0.15, 0.2) is 76.3 Å². The Hall–Kier alpha value is -3.08. The Morgan fingerprint density at radius 2 is 1.52 bits per heavy atom. The maximum atomic E-state index is 12.2. The molecule has 5 heteroatoms. The molecule has 3 rings (SSSR count). The molecular weight excluding hydrogens is 314 g/mol. The lowest BCUT2D eigenvalue weighted by atomic mass is 9.99. The highest BCUT2D eigenvalue weighted by Crippen LogP contribution is 2.25. The first-order valence-electron chi connectivity index (χ1n) is 8.39. The first-order chi connectivity index (χ1) is 12.2. The number of aromatic nitrogens is 2. The lowest BCUT2D eigenvalue weighted by Gasteiger charge is -2.21. The SMILES string of the molecule is CCCn1c(=O)cc(NC(c2ccccc2)c2ccccc2)[nH]c1=O. The number of nitrogens with zero attached hydrogens (tertiary/aromatic N) is 1. The summed E-state index contributed by atoms with van der Waals surface area (Å²) in [7, 11) is 0. The lowest BCUT2D eigenvalue weighted by Crippen LogP contribution is -2.35. The summed E-state index contributed by atoms with van der Waals surface area (Å²) >= 11 is 0. The minimum Gasteiger partial charge on any atom is -0.360 e. The Labute approximate surface area is 146 Å². The molecule has 0 amide bonds. The van der Waals surface area contributed by atoms with Gasteiger partial charge in [0, 0.05) is 12.6 Å². The maximum absolute atomic E-state index is 12.2. The molecule has 0 radical (unpaired) electrons. The van der Waals surface area contributed by atoms with Gasteiger partial charge >= 0.3 is 5.69 Å². The van der Waals surface area contributed by atoms with E-state index in [1.165, 1.54) is 10.6 Å². The smallest absolute Gasteiger partial charge is 0.329 e. The fraction of sp³-hybridized carbons (Fsp3) is 0.200. The molecule has 2 N–H and O–H groups in total. The lowest BCUT2D eigenvalue weighted by molar-refractivity contribution is 0.615. The molecule has 1 aromatic heterocycles. The van der Waals surface area contributed by atoms with Gasteiger partial charge < -0.3 is 5.32 Å². The van der Waals surface area contributed by atoms with E-state index in [-0.39, 0.29) is 11.6 Å². The van der Waals surface area contributed by atoms with E-state index in [1.54, 1.807) is 0 Å². The summed E-state index contributed by atoms with van der Waals surface area (Å²) in [6.45, 7) is 2.34. The summed E-state index contributed by atoms with van der Waals surface area (Å²) in [5.41, 5.74) is 1.41. The molecule has 25 heavy (non-hydrogen) atoms. The monoisotopic (exact) mass is 335 g/mol. The molecular formula is C20H21N3O2. The number of anilines is 1. The molecule has 0 saturated heterocycles. The van der Waals surface area contributed by atoms with Crippen LogP contribution in [0, 0.1) is 0 Å². The average Bonchev–Trinajstić information content (AvgIpc) is 2.64. The van der Waals surface area contributed by atoms with Gasteiger partial charge in [0.2, 0.25) is 0 Å². The van der Waals surface area contributed by atoms with E-state index in [1.807, 2.05) is 67.6 Å². The number of nitrogens with one attached hydrogen (secondary N) is 2. The number of hydrogen-bond acceptors (Lipinski definition) is 3. The molecule has 3 aromatic rings. The number of hydrogen-bond donors (Lipinski definition) is 2. The molecule has 1 heterocycles. The fourth-order valence-corrected chi connectivity index (χ4v) is 2.84. The summed E-state index contributed by atoms with van der Waals surface area (Å²) in [5, 5.41) is 3.29. The van der Waals surface area contributed by atoms with Gasteiger partial charge in [0.15, 0.2) is 0 Å². The van der Waals surface area contributed by atoms with Crippen LogP contribution in [0.1, 0.15) is 30.5 Å². The van der Waals surface area contributed by atoms with Gasteiger partial charge in [-0.1, -0.05) is 67.6 Å². The van der Waals surface area contributed by atoms with E-state index in [2.05, 4.69) is 10.3 Å². The van der Waals surface area contributed by atoms with E-state index in [0.717, 1.165) is 17.5 Å². The van der Waals surface area contributed by atoms with Crippen molar-refractivity contribution >= 4 is 5.82 Å². The highest BCUT2D eigenvalue weighted by atomic mass is 16.2. The molecule has 0 aliphatic rings. The van der Waals surface area contributed by atoms with E-state index in [4.69, 9.17) is 0 Å². The van der Waals surface area contributed by atoms with Crippen LogP contribution in [0.3, 0.4) is 0 Å². The fourth-order valence-electron chi connectivity index (χ4n) is 2.84. The van der Waals surface area contributed by atoms with Gasteiger partial charge in [-0.2, -0.15) is 0 Å². The van der Waals surface area contributed by atoms with Crippen molar-refractivity contribution < 1.29 is 0 Å². The van der Waals surface area contributed by atoms with Gasteiger partial charge in [0.25, 0.3) is 5.56 Å². The molecule has 0 spiro atoms. The topological polar surface area (TPSA) is 66.9 Å². The van der Waals surface area contributed by atoms with Gasteiger partial charge in [-0.25, -0.2) is 4.79 Å². The Morgan fingerprint density at radius 1 is 0.960 bits per heavy atom. The second-order valence-electron chi connectivity index (χ2n) is 5.88. The summed E-state index contributed by atoms with van der Waals surface area (Å²) in [6.07, 6.45) is 0.729. The normalized spacial score (nSPS) is 10.8. The van der Waals surface area contributed by atoms with Crippen molar-refractivity contribution in [2.45, 2.75) is 25.9 Å². The first kappa shape index (κ1) is 16.8. The third-order valence-corrected chi connectivity index (χ3v) is 4.03. The molecule has 0 aliphatic heterocycles. The number of benzene rings is 2. The van der Waals surface area contributed by atoms with Gasteiger partial charge in [0.05, 0.1) is 6.04 Å². The van der Waals surface area contributed by atoms with Crippen LogP contribution in [0.25, 0.3) is 0 Å². The van der Waals surface area contributed by atoms with Gasteiger partial charge in [0.1, 0.15) is 5.82 Å². The van der Waals surface area contributed by atoms with Crippen LogP contribution in [-0.2, 0) is 6.54 Å². The van der Waals surface area contributed by atoms with Gasteiger partial charge in [-0.15, -0.1) is 0 Å². The molecule has 0 saturated carbocycles. The number of aromatic amines is 1. The minimum atomic E-state index is -0.392. The Kier molecular flexibility index (Phi) is 5.14. The standard InChI is InChI=1S/C20H21N3O2/c1-2-13-23-18(24)14-17(22-20(23)25)21-19(15-9-5-3-6-10-15)16-11-7-4-8-12-16/h3-12,14,19,21H,2,13H2,1H3,(H,22,25). The zero-order valence-corrected chi connectivity index (χ0v) is 14.1. The second kappa shape index (κ2) is 7.66. The Morgan fingerprint density at radius 3 is 2.00 bits per heavy atom. The second-order valence-corrected chi connectivity index (χ2v) is 5.88. The summed E-state index contributed by atoms with van der Waals surface area (Å²) in [5.74, 6) is 0.417. The highest BCUT2D eigenvalue weighted by molar-refractivity contribution is 5.43. The quantitative estimate of drug-likeness (QED) is 0.727. The van der Waals surface area contributed by atoms with Crippen molar-refractivity contribution in [3.8, 4) is 0 Å². The molecule has 0 atom stereocenters. The first-order valence-corrected chi connectivity index (χ1v) is 8.39. The van der Waals surface area contributed by atoms with Gasteiger partial charge in [-0.3, -0.25) is 14.3 Å². The van der Waals surface area contributed by atoms with Crippen LogP contribution in [0.2, 0.25) is 0 Å². The molecule has 0 bridgehead atoms. The highest BCUT2D eigenvalue weighted by Gasteiger charge is 2.15. The van der Waals surface area contributed by atoms with E-state index < -0.39 is 5.69 Å². The van der Waals surface area contributed by atoms with Crippen LogP contribution >= 0.6 is 0 Å². The zero-order chi connectivity index (χ0) is 17.6. The van der Waals surface area contributed by atoms with Crippen molar-refractivity contribution in [3.05, 3.63) is 98.7 Å². The minimum absolute atomic E-state index is 0.167.